The van der Waals surface area contributed by atoms with E-state index in [1.165, 1.54) is 12.4 Å². The first kappa shape index (κ1) is 43.8. The Bertz CT molecular complexity index is 2540. The normalized spacial score (nSPS) is 10.8. The van der Waals surface area contributed by atoms with Crippen LogP contribution in [0.15, 0.2) is 97.6 Å². The van der Waals surface area contributed by atoms with Gasteiger partial charge in [0.1, 0.15) is 61.6 Å². The van der Waals surface area contributed by atoms with Crippen molar-refractivity contribution in [1.29, 1.82) is 10.5 Å². The van der Waals surface area contributed by atoms with Crippen molar-refractivity contribution in [2.24, 2.45) is 0 Å². The molecule has 0 aliphatic carbocycles. The van der Waals surface area contributed by atoms with Gasteiger partial charge in [-0.15, -0.1) is 0 Å². The summed E-state index contributed by atoms with van der Waals surface area (Å²) in [5, 5.41) is 34.6. The first-order valence-electron chi connectivity index (χ1n) is 20.4. The fourth-order valence-electron chi connectivity index (χ4n) is 7.03. The van der Waals surface area contributed by atoms with Gasteiger partial charge < -0.3 is 34.7 Å². The number of nitriles is 2. The molecule has 11 heteroatoms. The molecule has 0 amide bonds. The summed E-state index contributed by atoms with van der Waals surface area (Å²) in [6.45, 7) is 14.1. The molecule has 0 spiro atoms. The molecule has 4 aromatic carbocycles. The maximum absolute atomic E-state index is 9.34. The van der Waals surface area contributed by atoms with Gasteiger partial charge in [-0.05, 0) is 103 Å². The summed E-state index contributed by atoms with van der Waals surface area (Å²) in [4.78, 5) is 8.33. The number of ether oxygens (including phenoxy) is 4. The maximum atomic E-state index is 9.34. The van der Waals surface area contributed by atoms with E-state index in [2.05, 4.69) is 96.0 Å². The third-order valence-corrected chi connectivity index (χ3v) is 10.5. The van der Waals surface area contributed by atoms with Gasteiger partial charge in [0.05, 0.1) is 17.7 Å². The Morgan fingerprint density at radius 2 is 1.02 bits per heavy atom. The number of hydrogen-bond acceptors (Lipinski definition) is 11. The molecule has 0 aliphatic heterocycles. The zero-order valence-electron chi connectivity index (χ0n) is 35.5. The van der Waals surface area contributed by atoms with Crippen LogP contribution in [0, 0.1) is 50.4 Å². The first-order chi connectivity index (χ1) is 29.7. The molecule has 0 saturated carbocycles. The molecule has 0 bridgehead atoms. The molecule has 3 N–H and O–H groups in total. The number of nitrogens with one attached hydrogen (secondary N) is 2. The van der Waals surface area contributed by atoms with E-state index in [1.807, 2.05) is 32.0 Å². The van der Waals surface area contributed by atoms with Crippen LogP contribution in [0.1, 0.15) is 73.7 Å². The Balaban J connectivity index is 1.18. The van der Waals surface area contributed by atoms with Gasteiger partial charge in [0.15, 0.2) is 0 Å². The molecule has 0 unspecified atom stereocenters. The molecule has 0 radical (unpaired) electrons. The van der Waals surface area contributed by atoms with E-state index in [4.69, 9.17) is 18.9 Å². The van der Waals surface area contributed by atoms with E-state index in [1.54, 1.807) is 24.5 Å². The SMILES string of the molecule is CCNCc1cc(C)c(OCc2cccc(-c3cccc(COc4cc(OCc5cncc(C#N)c5)c(CNCCO)cc4C)c3C)c2C)cc1OCc1cncc(C#N)c1. The summed E-state index contributed by atoms with van der Waals surface area (Å²) in [6.07, 6.45) is 6.46. The number of aliphatic hydroxyl groups excluding tert-OH is 1. The number of pyridine rings is 2. The topological polar surface area (TPSA) is 155 Å². The maximum Gasteiger partial charge on any atom is 0.128 e. The van der Waals surface area contributed by atoms with Crippen LogP contribution in [0.3, 0.4) is 0 Å². The molecule has 0 saturated heterocycles. The monoisotopic (exact) mass is 816 g/mol. The largest absolute Gasteiger partial charge is 0.488 e. The second-order valence-corrected chi connectivity index (χ2v) is 14.9. The van der Waals surface area contributed by atoms with Crippen LogP contribution in [0.5, 0.6) is 23.0 Å². The van der Waals surface area contributed by atoms with Gasteiger partial charge in [-0.2, -0.15) is 10.5 Å². The van der Waals surface area contributed by atoms with Gasteiger partial charge in [-0.25, -0.2) is 0 Å². The lowest BCUT2D eigenvalue weighted by Gasteiger charge is -2.19. The highest BCUT2D eigenvalue weighted by Crippen LogP contribution is 2.35. The smallest absolute Gasteiger partial charge is 0.128 e. The van der Waals surface area contributed by atoms with E-state index in [0.29, 0.717) is 61.2 Å². The van der Waals surface area contributed by atoms with Crippen molar-refractivity contribution >= 4 is 0 Å². The Hall–Kier alpha value is -6.76. The molecule has 6 aromatic rings. The second-order valence-electron chi connectivity index (χ2n) is 14.9. The van der Waals surface area contributed by atoms with Gasteiger partial charge in [0.2, 0.25) is 0 Å². The minimum atomic E-state index is 0.0307. The predicted molar refractivity (Wildman–Crippen MR) is 235 cm³/mol. The summed E-state index contributed by atoms with van der Waals surface area (Å²) in [5.74, 6) is 2.81. The number of hydrogen-bond donors (Lipinski definition) is 3. The predicted octanol–water partition coefficient (Wildman–Crippen LogP) is 8.63. The van der Waals surface area contributed by atoms with Crippen molar-refractivity contribution in [2.75, 3.05) is 19.7 Å². The van der Waals surface area contributed by atoms with Crippen LogP contribution in [-0.2, 0) is 39.5 Å². The third-order valence-electron chi connectivity index (χ3n) is 10.5. The fourth-order valence-corrected chi connectivity index (χ4v) is 7.03. The van der Waals surface area contributed by atoms with E-state index >= 15 is 0 Å². The molecule has 312 valence electrons. The van der Waals surface area contributed by atoms with Crippen LogP contribution in [0.2, 0.25) is 0 Å². The van der Waals surface area contributed by atoms with Gasteiger partial charge in [-0.1, -0.05) is 43.3 Å². The Labute approximate surface area is 358 Å². The van der Waals surface area contributed by atoms with E-state index in [0.717, 1.165) is 79.1 Å². The summed E-state index contributed by atoms with van der Waals surface area (Å²) < 4.78 is 25.6. The molecule has 0 aliphatic rings. The van der Waals surface area contributed by atoms with Crippen LogP contribution in [-0.4, -0.2) is 34.8 Å². The van der Waals surface area contributed by atoms with Crippen molar-refractivity contribution in [2.45, 2.75) is 74.1 Å². The second kappa shape index (κ2) is 21.5. The molecule has 0 atom stereocenters. The summed E-state index contributed by atoms with van der Waals surface area (Å²) in [7, 11) is 0. The van der Waals surface area contributed by atoms with Crippen molar-refractivity contribution in [3.63, 3.8) is 0 Å². The minimum Gasteiger partial charge on any atom is -0.488 e. The average Bonchev–Trinajstić information content (AvgIpc) is 3.28. The van der Waals surface area contributed by atoms with E-state index in [-0.39, 0.29) is 19.8 Å². The Morgan fingerprint density at radius 1 is 0.557 bits per heavy atom. The van der Waals surface area contributed by atoms with Crippen molar-refractivity contribution in [3.8, 4) is 46.3 Å². The lowest BCUT2D eigenvalue weighted by molar-refractivity contribution is 0.281. The zero-order chi connectivity index (χ0) is 43.1. The van der Waals surface area contributed by atoms with Crippen molar-refractivity contribution in [1.82, 2.24) is 20.6 Å². The van der Waals surface area contributed by atoms with Crippen molar-refractivity contribution < 1.29 is 24.1 Å². The number of benzene rings is 4. The lowest BCUT2D eigenvalue weighted by Crippen LogP contribution is -2.18. The highest BCUT2D eigenvalue weighted by molar-refractivity contribution is 5.72. The standard InChI is InChI=1S/C50H52N6O5/c1-6-53-27-43-15-33(2)47(19-49(43)58-29-39-17-37(21-51)23-55-25-39)60-31-41-9-7-11-45(35(41)4)46-12-8-10-42(36(46)5)32-61-48-20-50(44(16-34(48)3)28-54-13-14-57)59-30-40-18-38(22-52)24-56-26-40/h7-12,15-20,23-26,53-54,57H,6,13-14,27-32H2,1-5H3. The van der Waals surface area contributed by atoms with E-state index < -0.39 is 0 Å². The van der Waals surface area contributed by atoms with E-state index in [9.17, 15) is 15.6 Å². The fraction of sp³-hybridized carbons (Fsp3) is 0.280. The molecule has 11 nitrogen and oxygen atoms in total. The van der Waals surface area contributed by atoms with Gasteiger partial charge >= 0.3 is 0 Å². The third kappa shape index (κ3) is 11.5. The molecule has 61 heavy (non-hydrogen) atoms. The molecular formula is C50H52N6O5. The highest BCUT2D eigenvalue weighted by Gasteiger charge is 2.16. The Morgan fingerprint density at radius 3 is 1.46 bits per heavy atom. The summed E-state index contributed by atoms with van der Waals surface area (Å²) in [6, 6.07) is 28.5. The number of aliphatic hydroxyl groups is 1. The van der Waals surface area contributed by atoms with Crippen LogP contribution < -0.4 is 29.6 Å². The lowest BCUT2D eigenvalue weighted by atomic mass is 9.92. The van der Waals surface area contributed by atoms with Crippen LogP contribution in [0.25, 0.3) is 11.1 Å². The Kier molecular flexibility index (Phi) is 15.4. The molecule has 2 aromatic heterocycles. The van der Waals surface area contributed by atoms with Crippen LogP contribution in [0.4, 0.5) is 0 Å². The van der Waals surface area contributed by atoms with Crippen molar-refractivity contribution in [3.05, 3.63) is 164 Å². The zero-order valence-corrected chi connectivity index (χ0v) is 35.5. The number of nitrogens with zero attached hydrogens (tertiary/aromatic N) is 4. The highest BCUT2D eigenvalue weighted by atomic mass is 16.5. The average molecular weight is 817 g/mol. The molecule has 0 fully saturated rings. The summed E-state index contributed by atoms with van der Waals surface area (Å²) >= 11 is 0. The van der Waals surface area contributed by atoms with Gasteiger partial charge in [0.25, 0.3) is 0 Å². The van der Waals surface area contributed by atoms with Gasteiger partial charge in [-0.3, -0.25) is 9.97 Å². The number of aryl methyl sites for hydroxylation is 2. The quantitative estimate of drug-likeness (QED) is 0.0635. The number of aromatic nitrogens is 2. The minimum absolute atomic E-state index is 0.0307. The molecule has 6 rings (SSSR count). The molecular weight excluding hydrogens is 765 g/mol. The first-order valence-corrected chi connectivity index (χ1v) is 20.4. The summed E-state index contributed by atoms with van der Waals surface area (Å²) in [5.41, 5.74) is 13.1. The van der Waals surface area contributed by atoms with Crippen LogP contribution >= 0.6 is 0 Å². The number of rotatable bonds is 20. The molecule has 2 heterocycles. The van der Waals surface area contributed by atoms with Gasteiger partial charge in [0, 0.05) is 78.8 Å².